The van der Waals surface area contributed by atoms with Gasteiger partial charge < -0.3 is 14.2 Å². The maximum atomic E-state index is 11.7. The number of benzene rings is 3. The van der Waals surface area contributed by atoms with Crippen molar-refractivity contribution in [2.45, 2.75) is 35.5 Å². The van der Waals surface area contributed by atoms with Crippen molar-refractivity contribution in [3.8, 4) is 0 Å². The molecule has 264 valence electrons. The molecule has 0 aliphatic carbocycles. The molecule has 0 saturated carbocycles. The summed E-state index contributed by atoms with van der Waals surface area (Å²) in [4.78, 5) is 0.620. The first kappa shape index (κ1) is 38.1. The van der Waals surface area contributed by atoms with Crippen molar-refractivity contribution in [3.05, 3.63) is 89.5 Å². The molecule has 3 aromatic rings. The number of aryl methyl sites for hydroxylation is 3. The van der Waals surface area contributed by atoms with Gasteiger partial charge in [-0.2, -0.15) is 25.3 Å². The van der Waals surface area contributed by atoms with Crippen LogP contribution in [0.3, 0.4) is 0 Å². The Morgan fingerprint density at radius 1 is 0.438 bits per heavy atom. The second-order valence-electron chi connectivity index (χ2n) is 11.9. The molecule has 0 unspecified atom stereocenters. The fourth-order valence-corrected chi connectivity index (χ4v) is 6.95. The van der Waals surface area contributed by atoms with E-state index in [2.05, 4.69) is 0 Å². The van der Waals surface area contributed by atoms with Crippen LogP contribution in [-0.4, -0.2) is 84.7 Å². The predicted octanol–water partition coefficient (Wildman–Crippen LogP) is 4.04. The zero-order chi connectivity index (χ0) is 34.8. The third-order valence-corrected chi connectivity index (χ3v) is 11.3. The first-order chi connectivity index (χ1) is 22.7. The largest absolute Gasteiger partial charge is 0.381 e. The lowest BCUT2D eigenvalue weighted by Gasteiger charge is -2.25. The van der Waals surface area contributed by atoms with Crippen molar-refractivity contribution >= 4 is 30.4 Å². The van der Waals surface area contributed by atoms with E-state index in [-0.39, 0.29) is 52.3 Å². The van der Waals surface area contributed by atoms with Crippen LogP contribution >= 0.6 is 0 Å². The molecule has 3 heterocycles. The van der Waals surface area contributed by atoms with Crippen LogP contribution in [0, 0.1) is 38.5 Å². The van der Waals surface area contributed by atoms with Crippen LogP contribution in [0.2, 0.25) is 0 Å². The molecule has 15 heteroatoms. The molecular formula is C33H42O12S3. The van der Waals surface area contributed by atoms with E-state index in [1.54, 1.807) is 72.8 Å². The molecule has 0 bridgehead atoms. The summed E-state index contributed by atoms with van der Waals surface area (Å²) in [7, 11) is -10.8. The number of hydrogen-bond acceptors (Lipinski definition) is 12. The van der Waals surface area contributed by atoms with Crippen LogP contribution in [0.15, 0.2) is 87.5 Å². The Labute approximate surface area is 283 Å². The Morgan fingerprint density at radius 2 is 0.646 bits per heavy atom. The Hall–Kier alpha value is -2.73. The molecule has 3 aliphatic heterocycles. The molecule has 0 N–H and O–H groups in total. The Bertz CT molecular complexity index is 1550. The first-order valence-electron chi connectivity index (χ1n) is 15.3. The van der Waals surface area contributed by atoms with Crippen LogP contribution in [0.1, 0.15) is 16.7 Å². The van der Waals surface area contributed by atoms with Gasteiger partial charge in [-0.3, -0.25) is 12.5 Å². The Morgan fingerprint density at radius 3 is 0.812 bits per heavy atom. The smallest absolute Gasteiger partial charge is 0.296 e. The molecule has 6 rings (SSSR count). The van der Waals surface area contributed by atoms with Crippen molar-refractivity contribution in [3.63, 3.8) is 0 Å². The van der Waals surface area contributed by atoms with E-state index in [9.17, 15) is 25.3 Å². The molecule has 3 fully saturated rings. The number of hydrogen-bond donors (Lipinski definition) is 0. The molecule has 3 saturated heterocycles. The van der Waals surface area contributed by atoms with Crippen LogP contribution in [0.25, 0.3) is 0 Å². The van der Waals surface area contributed by atoms with E-state index in [4.69, 9.17) is 26.8 Å². The normalized spacial score (nSPS) is 17.1. The van der Waals surface area contributed by atoms with Gasteiger partial charge in [0.05, 0.1) is 74.1 Å². The van der Waals surface area contributed by atoms with Gasteiger partial charge in [-0.1, -0.05) is 53.1 Å². The summed E-state index contributed by atoms with van der Waals surface area (Å²) in [6.07, 6.45) is 0. The van der Waals surface area contributed by atoms with Crippen LogP contribution in [-0.2, 0) is 57.1 Å². The Kier molecular flexibility index (Phi) is 13.7. The average Bonchev–Trinajstić information content (AvgIpc) is 2.96. The Balaban J connectivity index is 0.000000163. The van der Waals surface area contributed by atoms with Gasteiger partial charge in [0.15, 0.2) is 0 Å². The number of ether oxygens (including phenoxy) is 3. The van der Waals surface area contributed by atoms with E-state index in [1.165, 1.54) is 0 Å². The minimum atomic E-state index is -3.60. The summed E-state index contributed by atoms with van der Waals surface area (Å²) in [6.45, 7) is 9.85. The molecular weight excluding hydrogens is 685 g/mol. The highest BCUT2D eigenvalue weighted by molar-refractivity contribution is 7.87. The zero-order valence-electron chi connectivity index (χ0n) is 27.1. The topological polar surface area (TPSA) is 158 Å². The molecule has 0 atom stereocenters. The van der Waals surface area contributed by atoms with E-state index >= 15 is 0 Å². The average molecular weight is 727 g/mol. The summed E-state index contributed by atoms with van der Waals surface area (Å²) >= 11 is 0. The first-order valence-corrected chi connectivity index (χ1v) is 19.6. The highest BCUT2D eigenvalue weighted by Crippen LogP contribution is 2.19. The molecule has 3 aliphatic rings. The second kappa shape index (κ2) is 17.3. The van der Waals surface area contributed by atoms with Crippen LogP contribution in [0.5, 0.6) is 0 Å². The fourth-order valence-electron chi connectivity index (χ4n) is 4.02. The molecule has 0 spiro atoms. The van der Waals surface area contributed by atoms with Gasteiger partial charge in [-0.15, -0.1) is 0 Å². The van der Waals surface area contributed by atoms with Crippen molar-refractivity contribution in [1.29, 1.82) is 0 Å². The summed E-state index contributed by atoms with van der Waals surface area (Å²) in [5, 5.41) is 0. The van der Waals surface area contributed by atoms with Crippen molar-refractivity contribution in [1.82, 2.24) is 0 Å². The second-order valence-corrected chi connectivity index (χ2v) is 16.7. The van der Waals surface area contributed by atoms with Crippen LogP contribution < -0.4 is 0 Å². The van der Waals surface area contributed by atoms with Gasteiger partial charge in [-0.05, 0) is 57.2 Å². The fraction of sp³-hybridized carbons (Fsp3) is 0.455. The molecule has 3 aromatic carbocycles. The van der Waals surface area contributed by atoms with Gasteiger partial charge in [0.2, 0.25) is 0 Å². The lowest BCUT2D eigenvalue weighted by Crippen LogP contribution is -2.32. The van der Waals surface area contributed by atoms with E-state index < -0.39 is 30.4 Å². The lowest BCUT2D eigenvalue weighted by atomic mass is 10.1. The van der Waals surface area contributed by atoms with Crippen molar-refractivity contribution < 1.29 is 52.0 Å². The standard InChI is InChI=1S/3C11H14O4S/c3*1-9-2-4-11(5-3-9)16(12,13)15-8-10-6-14-7-10/h3*2-5,10H,6-8H2,1H3. The third kappa shape index (κ3) is 11.7. The van der Waals surface area contributed by atoms with Crippen molar-refractivity contribution in [2.24, 2.45) is 17.8 Å². The highest BCUT2D eigenvalue weighted by Gasteiger charge is 2.25. The summed E-state index contributed by atoms with van der Waals surface area (Å²) in [6, 6.07) is 19.9. The molecule has 0 amide bonds. The maximum Gasteiger partial charge on any atom is 0.296 e. The summed E-state index contributed by atoms with van der Waals surface area (Å²) < 4.78 is 100. The minimum Gasteiger partial charge on any atom is -0.381 e. The number of rotatable bonds is 12. The van der Waals surface area contributed by atoms with Gasteiger partial charge in [0, 0.05) is 17.8 Å². The maximum absolute atomic E-state index is 11.7. The lowest BCUT2D eigenvalue weighted by molar-refractivity contribution is -0.0499. The van der Waals surface area contributed by atoms with E-state index in [0.717, 1.165) is 16.7 Å². The predicted molar refractivity (Wildman–Crippen MR) is 176 cm³/mol. The molecule has 48 heavy (non-hydrogen) atoms. The molecule has 0 radical (unpaired) electrons. The highest BCUT2D eigenvalue weighted by atomic mass is 32.2. The SMILES string of the molecule is Cc1ccc(S(=O)(=O)OCC2COC2)cc1.Cc1ccc(S(=O)(=O)OCC2COC2)cc1.Cc1ccc(S(=O)(=O)OCC2COC2)cc1. The van der Waals surface area contributed by atoms with Gasteiger partial charge in [0.25, 0.3) is 30.4 Å². The summed E-state index contributed by atoms with van der Waals surface area (Å²) in [5.41, 5.74) is 3.06. The van der Waals surface area contributed by atoms with Gasteiger partial charge in [0.1, 0.15) is 0 Å². The van der Waals surface area contributed by atoms with Crippen molar-refractivity contribution in [2.75, 3.05) is 59.5 Å². The zero-order valence-corrected chi connectivity index (χ0v) is 29.6. The monoisotopic (exact) mass is 726 g/mol. The quantitative estimate of drug-likeness (QED) is 0.247. The minimum absolute atomic E-state index is 0.205. The van der Waals surface area contributed by atoms with E-state index in [0.29, 0.717) is 39.6 Å². The summed E-state index contributed by atoms with van der Waals surface area (Å²) in [5.74, 6) is 0.626. The van der Waals surface area contributed by atoms with Crippen LogP contribution in [0.4, 0.5) is 0 Å². The molecule has 12 nitrogen and oxygen atoms in total. The van der Waals surface area contributed by atoms with Gasteiger partial charge in [-0.25, -0.2) is 0 Å². The van der Waals surface area contributed by atoms with Gasteiger partial charge >= 0.3 is 0 Å². The van der Waals surface area contributed by atoms with E-state index in [1.807, 2.05) is 20.8 Å². The molecule has 0 aromatic heterocycles. The third-order valence-electron chi connectivity index (χ3n) is 7.43.